The molecule has 0 aliphatic rings. The minimum atomic E-state index is -0.459. The van der Waals surface area contributed by atoms with E-state index in [-0.39, 0.29) is 25.5 Å². The highest BCUT2D eigenvalue weighted by Gasteiger charge is 2.13. The highest BCUT2D eigenvalue weighted by Crippen LogP contribution is 2.20. The van der Waals surface area contributed by atoms with Crippen molar-refractivity contribution in [2.45, 2.75) is 13.0 Å². The van der Waals surface area contributed by atoms with E-state index < -0.39 is 5.97 Å². The molecular weight excluding hydrogens is 360 g/mol. The Morgan fingerprint density at radius 1 is 1.07 bits per heavy atom. The summed E-state index contributed by atoms with van der Waals surface area (Å²) in [6.45, 7) is 0.0860. The van der Waals surface area contributed by atoms with E-state index in [1.807, 2.05) is 30.3 Å². The normalized spacial score (nSPS) is 10.3. The van der Waals surface area contributed by atoms with Gasteiger partial charge in [0.15, 0.2) is 12.4 Å². The van der Waals surface area contributed by atoms with Crippen LogP contribution in [0.5, 0.6) is 5.75 Å². The summed E-state index contributed by atoms with van der Waals surface area (Å²) in [6, 6.07) is 16.4. The van der Waals surface area contributed by atoms with Crippen LogP contribution >= 0.6 is 0 Å². The van der Waals surface area contributed by atoms with E-state index >= 15 is 0 Å². The number of benzene rings is 2. The van der Waals surface area contributed by atoms with Gasteiger partial charge < -0.3 is 19.2 Å². The number of nitrogens with zero attached hydrogens (tertiary/aromatic N) is 1. The maximum absolute atomic E-state index is 12.2. The van der Waals surface area contributed by atoms with Gasteiger partial charge in [-0.25, -0.2) is 4.98 Å². The van der Waals surface area contributed by atoms with E-state index in [1.165, 1.54) is 7.11 Å². The maximum Gasteiger partial charge on any atom is 0.308 e. The predicted molar refractivity (Wildman–Crippen MR) is 102 cm³/mol. The molecule has 0 fully saturated rings. The summed E-state index contributed by atoms with van der Waals surface area (Å²) in [6.07, 6.45) is 1.62. The van der Waals surface area contributed by atoms with Crippen LogP contribution in [0.2, 0.25) is 0 Å². The Balaban J connectivity index is 1.43. The molecule has 0 atom stereocenters. The molecule has 144 valence electrons. The molecule has 1 aromatic heterocycles. The molecule has 0 aliphatic carbocycles. The van der Waals surface area contributed by atoms with Crippen molar-refractivity contribution in [3.63, 3.8) is 0 Å². The van der Waals surface area contributed by atoms with Gasteiger partial charge in [0.05, 0.1) is 25.3 Å². The van der Waals surface area contributed by atoms with Crippen LogP contribution in [0, 0.1) is 0 Å². The highest BCUT2D eigenvalue weighted by atomic mass is 16.5. The molecule has 0 saturated heterocycles. The number of hydrogen-bond acceptors (Lipinski definition) is 6. The third-order valence-corrected chi connectivity index (χ3v) is 3.93. The van der Waals surface area contributed by atoms with Gasteiger partial charge in [-0.1, -0.05) is 42.5 Å². The number of carbonyl (C=O) groups excluding carboxylic acids is 2. The number of carbonyl (C=O) groups is 2. The molecular formula is C21H20N2O5. The van der Waals surface area contributed by atoms with Crippen LogP contribution in [0.25, 0.3) is 11.3 Å². The fourth-order valence-corrected chi connectivity index (χ4v) is 2.53. The Kier molecular flexibility index (Phi) is 6.41. The molecule has 7 heteroatoms. The molecule has 0 bridgehead atoms. The van der Waals surface area contributed by atoms with E-state index in [4.69, 9.17) is 13.9 Å². The van der Waals surface area contributed by atoms with Gasteiger partial charge in [-0.3, -0.25) is 9.59 Å². The minimum Gasteiger partial charge on any atom is -0.496 e. The lowest BCUT2D eigenvalue weighted by atomic mass is 10.2. The quantitative estimate of drug-likeness (QED) is 0.604. The zero-order valence-electron chi connectivity index (χ0n) is 15.4. The fraction of sp³-hybridized carbons (Fsp3) is 0.190. The summed E-state index contributed by atoms with van der Waals surface area (Å²) in [4.78, 5) is 28.1. The molecule has 0 aliphatic heterocycles. The number of oxazole rings is 1. The topological polar surface area (TPSA) is 90.7 Å². The van der Waals surface area contributed by atoms with Crippen LogP contribution in [-0.4, -0.2) is 30.5 Å². The number of para-hydroxylation sites is 1. The maximum atomic E-state index is 12.2. The smallest absolute Gasteiger partial charge is 0.308 e. The van der Waals surface area contributed by atoms with Crippen molar-refractivity contribution >= 4 is 11.9 Å². The second-order valence-electron chi connectivity index (χ2n) is 5.85. The molecule has 1 N–H and O–H groups in total. The summed E-state index contributed by atoms with van der Waals surface area (Å²) < 4.78 is 15.9. The van der Waals surface area contributed by atoms with Gasteiger partial charge in [-0.15, -0.1) is 0 Å². The number of esters is 1. The lowest BCUT2D eigenvalue weighted by Gasteiger charge is -2.08. The first-order chi connectivity index (χ1) is 13.7. The average molecular weight is 380 g/mol. The summed E-state index contributed by atoms with van der Waals surface area (Å²) in [5, 5.41) is 2.67. The number of aromatic nitrogens is 1. The molecule has 2 aromatic carbocycles. The van der Waals surface area contributed by atoms with Crippen molar-refractivity contribution in [2.24, 2.45) is 0 Å². The SMILES string of the molecule is COc1ccccc1C(=O)NCCC(=O)OCc1ncc(-c2ccccc2)o1. The van der Waals surface area contributed by atoms with Gasteiger partial charge in [0.2, 0.25) is 5.89 Å². The Hall–Kier alpha value is -3.61. The van der Waals surface area contributed by atoms with E-state index in [9.17, 15) is 9.59 Å². The number of hydrogen-bond donors (Lipinski definition) is 1. The largest absolute Gasteiger partial charge is 0.496 e. The van der Waals surface area contributed by atoms with Crippen molar-refractivity contribution in [2.75, 3.05) is 13.7 Å². The van der Waals surface area contributed by atoms with Crippen molar-refractivity contribution in [3.05, 3.63) is 72.2 Å². The van der Waals surface area contributed by atoms with E-state index in [0.717, 1.165) is 5.56 Å². The van der Waals surface area contributed by atoms with Gasteiger partial charge in [-0.2, -0.15) is 0 Å². The first-order valence-electron chi connectivity index (χ1n) is 8.74. The van der Waals surface area contributed by atoms with Gasteiger partial charge in [-0.05, 0) is 12.1 Å². The second-order valence-corrected chi connectivity index (χ2v) is 5.85. The number of rotatable bonds is 8. The Labute approximate surface area is 162 Å². The molecule has 0 radical (unpaired) electrons. The lowest BCUT2D eigenvalue weighted by Crippen LogP contribution is -2.26. The van der Waals surface area contributed by atoms with Crippen molar-refractivity contribution < 1.29 is 23.5 Å². The number of nitrogens with one attached hydrogen (secondary N) is 1. The third-order valence-electron chi connectivity index (χ3n) is 3.93. The van der Waals surface area contributed by atoms with Crippen LogP contribution in [0.1, 0.15) is 22.7 Å². The van der Waals surface area contributed by atoms with Gasteiger partial charge >= 0.3 is 5.97 Å². The molecule has 28 heavy (non-hydrogen) atoms. The average Bonchev–Trinajstić information content (AvgIpc) is 3.22. The molecule has 0 spiro atoms. The lowest BCUT2D eigenvalue weighted by molar-refractivity contribution is -0.145. The fourth-order valence-electron chi connectivity index (χ4n) is 2.53. The predicted octanol–water partition coefficient (Wildman–Crippen LogP) is 3.21. The van der Waals surface area contributed by atoms with Gasteiger partial charge in [0.25, 0.3) is 5.91 Å². The van der Waals surface area contributed by atoms with Crippen LogP contribution in [-0.2, 0) is 16.1 Å². The monoisotopic (exact) mass is 380 g/mol. The summed E-state index contributed by atoms with van der Waals surface area (Å²) in [7, 11) is 1.50. The molecule has 0 unspecified atom stereocenters. The molecule has 0 saturated carbocycles. The minimum absolute atomic E-state index is 0.0349. The van der Waals surface area contributed by atoms with Crippen LogP contribution in [0.4, 0.5) is 0 Å². The first-order valence-corrected chi connectivity index (χ1v) is 8.74. The van der Waals surface area contributed by atoms with Crippen molar-refractivity contribution in [1.82, 2.24) is 10.3 Å². The Morgan fingerprint density at radius 3 is 2.61 bits per heavy atom. The molecule has 3 rings (SSSR count). The van der Waals surface area contributed by atoms with Crippen molar-refractivity contribution in [1.29, 1.82) is 0 Å². The number of methoxy groups -OCH3 is 1. The highest BCUT2D eigenvalue weighted by molar-refractivity contribution is 5.97. The van der Waals surface area contributed by atoms with E-state index in [0.29, 0.717) is 23.0 Å². The summed E-state index contributed by atoms with van der Waals surface area (Å²) in [5.41, 5.74) is 1.30. The zero-order chi connectivity index (χ0) is 19.8. The Bertz CT molecular complexity index is 937. The van der Waals surface area contributed by atoms with Crippen molar-refractivity contribution in [3.8, 4) is 17.1 Å². The van der Waals surface area contributed by atoms with Gasteiger partial charge in [0.1, 0.15) is 5.75 Å². The molecule has 3 aromatic rings. The molecule has 1 amide bonds. The van der Waals surface area contributed by atoms with Crippen LogP contribution in [0.15, 0.2) is 65.2 Å². The van der Waals surface area contributed by atoms with Gasteiger partial charge in [0, 0.05) is 12.1 Å². The molecule has 1 heterocycles. The summed E-state index contributed by atoms with van der Waals surface area (Å²) in [5.74, 6) is 0.618. The van der Waals surface area contributed by atoms with Crippen LogP contribution < -0.4 is 10.1 Å². The van der Waals surface area contributed by atoms with E-state index in [2.05, 4.69) is 10.3 Å². The van der Waals surface area contributed by atoms with E-state index in [1.54, 1.807) is 30.5 Å². The zero-order valence-corrected chi connectivity index (χ0v) is 15.4. The van der Waals surface area contributed by atoms with Crippen LogP contribution in [0.3, 0.4) is 0 Å². The standard InChI is InChI=1S/C21H20N2O5/c1-26-17-10-6-5-9-16(17)21(25)22-12-11-20(24)27-14-19-23-13-18(28-19)15-7-3-2-4-8-15/h2-10,13H,11-12,14H2,1H3,(H,22,25). The number of amides is 1. The Morgan fingerprint density at radius 2 is 1.82 bits per heavy atom. The molecule has 7 nitrogen and oxygen atoms in total. The second kappa shape index (κ2) is 9.36. The third kappa shape index (κ3) is 4.97. The number of ether oxygens (including phenoxy) is 2. The first kappa shape index (κ1) is 19.2. The summed E-state index contributed by atoms with van der Waals surface area (Å²) >= 11 is 0.